The first-order valence-electron chi connectivity index (χ1n) is 9.00. The smallest absolute Gasteiger partial charge is 0.216 e. The number of nitrogens with one attached hydrogen (secondary N) is 1. The van der Waals surface area contributed by atoms with Crippen LogP contribution in [0.15, 0.2) is 48.5 Å². The average Bonchev–Trinajstić information content (AvgIpc) is 2.64. The fraction of sp³-hybridized carbons (Fsp3) is 0.409. The molecule has 2 aromatic rings. The lowest BCUT2D eigenvalue weighted by atomic mass is 9.80. The summed E-state index contributed by atoms with van der Waals surface area (Å²) in [6, 6.07) is 16.6. The van der Waals surface area contributed by atoms with E-state index < -0.39 is 0 Å². The van der Waals surface area contributed by atoms with Crippen LogP contribution in [0.3, 0.4) is 0 Å². The molecule has 0 aliphatic carbocycles. The molecule has 4 heteroatoms. The Kier molecular flexibility index (Phi) is 7.22. The average molecular weight is 355 g/mol. The van der Waals surface area contributed by atoms with Crippen LogP contribution in [-0.2, 0) is 14.9 Å². The summed E-state index contributed by atoms with van der Waals surface area (Å²) in [4.78, 5) is 11.0. The molecule has 26 heavy (non-hydrogen) atoms. The van der Waals surface area contributed by atoms with Crippen LogP contribution in [0.1, 0.15) is 39.2 Å². The minimum atomic E-state index is -0.0150. The molecule has 0 spiro atoms. The first kappa shape index (κ1) is 20.0. The summed E-state index contributed by atoms with van der Waals surface area (Å²) in [5.41, 5.74) is 3.37. The lowest BCUT2D eigenvalue weighted by Crippen LogP contribution is -2.24. The van der Waals surface area contributed by atoms with E-state index in [0.717, 1.165) is 29.7 Å². The van der Waals surface area contributed by atoms with Gasteiger partial charge in [0.1, 0.15) is 5.75 Å². The van der Waals surface area contributed by atoms with Crippen LogP contribution < -0.4 is 10.1 Å². The molecule has 0 aromatic heterocycles. The Hall–Kier alpha value is -2.33. The van der Waals surface area contributed by atoms with Crippen LogP contribution in [0.2, 0.25) is 0 Å². The van der Waals surface area contributed by atoms with Crippen LogP contribution in [0.25, 0.3) is 11.1 Å². The maximum Gasteiger partial charge on any atom is 0.216 e. The van der Waals surface area contributed by atoms with Crippen molar-refractivity contribution in [1.82, 2.24) is 5.32 Å². The van der Waals surface area contributed by atoms with Crippen molar-refractivity contribution in [2.24, 2.45) is 0 Å². The molecule has 4 nitrogen and oxygen atoms in total. The zero-order valence-corrected chi connectivity index (χ0v) is 16.2. The molecule has 0 unspecified atom stereocenters. The molecule has 2 aromatic carbocycles. The maximum atomic E-state index is 11.0. The van der Waals surface area contributed by atoms with Gasteiger partial charge in [-0.3, -0.25) is 4.79 Å². The highest BCUT2D eigenvalue weighted by Gasteiger charge is 2.22. The molecule has 0 saturated carbocycles. The van der Waals surface area contributed by atoms with Gasteiger partial charge in [0.2, 0.25) is 5.91 Å². The third-order valence-corrected chi connectivity index (χ3v) is 4.53. The highest BCUT2D eigenvalue weighted by atomic mass is 16.7. The predicted molar refractivity (Wildman–Crippen MR) is 105 cm³/mol. The van der Waals surface area contributed by atoms with Crippen LogP contribution in [0.4, 0.5) is 0 Å². The second-order valence-electron chi connectivity index (χ2n) is 7.10. The standard InChI is InChI=1S/C22H29NO3/c1-17(24)23-14-8-13-22(2,3)19-11-12-20(18-9-6-5-7-10-18)21(15-19)26-16-25-4/h5-7,9-12,15H,8,13-14,16H2,1-4H3,(H,23,24). The Morgan fingerprint density at radius 3 is 2.50 bits per heavy atom. The van der Waals surface area contributed by atoms with Gasteiger partial charge in [-0.15, -0.1) is 0 Å². The minimum Gasteiger partial charge on any atom is -0.467 e. The fourth-order valence-corrected chi connectivity index (χ4v) is 2.98. The van der Waals surface area contributed by atoms with Gasteiger partial charge in [0.05, 0.1) is 0 Å². The molecule has 0 bridgehead atoms. The molecular formula is C22H29NO3. The van der Waals surface area contributed by atoms with Gasteiger partial charge < -0.3 is 14.8 Å². The van der Waals surface area contributed by atoms with Crippen molar-refractivity contribution in [3.8, 4) is 16.9 Å². The van der Waals surface area contributed by atoms with E-state index in [1.54, 1.807) is 14.0 Å². The summed E-state index contributed by atoms with van der Waals surface area (Å²) in [6.45, 7) is 6.91. The van der Waals surface area contributed by atoms with E-state index in [1.807, 2.05) is 18.2 Å². The molecule has 0 aliphatic heterocycles. The van der Waals surface area contributed by atoms with E-state index in [0.29, 0.717) is 6.54 Å². The van der Waals surface area contributed by atoms with Crippen molar-refractivity contribution in [3.05, 3.63) is 54.1 Å². The summed E-state index contributed by atoms with van der Waals surface area (Å²) >= 11 is 0. The predicted octanol–water partition coefficient (Wildman–Crippen LogP) is 4.53. The van der Waals surface area contributed by atoms with Crippen molar-refractivity contribution in [1.29, 1.82) is 0 Å². The van der Waals surface area contributed by atoms with Crippen LogP contribution in [0.5, 0.6) is 5.75 Å². The summed E-state index contributed by atoms with van der Waals surface area (Å²) in [7, 11) is 1.62. The summed E-state index contributed by atoms with van der Waals surface area (Å²) < 4.78 is 11.0. The van der Waals surface area contributed by atoms with Gasteiger partial charge in [-0.25, -0.2) is 0 Å². The van der Waals surface area contributed by atoms with Gasteiger partial charge in [-0.05, 0) is 35.4 Å². The number of carbonyl (C=O) groups is 1. The Morgan fingerprint density at radius 2 is 1.85 bits per heavy atom. The third kappa shape index (κ3) is 5.60. The number of hydrogen-bond acceptors (Lipinski definition) is 3. The fourth-order valence-electron chi connectivity index (χ4n) is 2.98. The number of benzene rings is 2. The van der Waals surface area contributed by atoms with E-state index in [4.69, 9.17) is 9.47 Å². The van der Waals surface area contributed by atoms with Crippen molar-refractivity contribution in [2.45, 2.75) is 39.0 Å². The van der Waals surface area contributed by atoms with E-state index in [1.165, 1.54) is 5.56 Å². The molecule has 140 valence electrons. The van der Waals surface area contributed by atoms with Gasteiger partial charge in [-0.2, -0.15) is 0 Å². The van der Waals surface area contributed by atoms with E-state index in [2.05, 4.69) is 49.5 Å². The third-order valence-electron chi connectivity index (χ3n) is 4.53. The Labute approximate surface area is 156 Å². The topological polar surface area (TPSA) is 47.6 Å². The Morgan fingerprint density at radius 1 is 1.12 bits per heavy atom. The largest absolute Gasteiger partial charge is 0.467 e. The van der Waals surface area contributed by atoms with Crippen molar-refractivity contribution < 1.29 is 14.3 Å². The highest BCUT2D eigenvalue weighted by Crippen LogP contribution is 2.36. The summed E-state index contributed by atoms with van der Waals surface area (Å²) in [5.74, 6) is 0.843. The molecule has 0 saturated heterocycles. The number of rotatable bonds is 9. The lowest BCUT2D eigenvalue weighted by molar-refractivity contribution is -0.118. The van der Waals surface area contributed by atoms with E-state index in [9.17, 15) is 4.79 Å². The van der Waals surface area contributed by atoms with E-state index >= 15 is 0 Å². The van der Waals surface area contributed by atoms with Crippen molar-refractivity contribution in [2.75, 3.05) is 20.4 Å². The lowest BCUT2D eigenvalue weighted by Gasteiger charge is -2.26. The number of carbonyl (C=O) groups excluding carboxylic acids is 1. The number of hydrogen-bond donors (Lipinski definition) is 1. The van der Waals surface area contributed by atoms with E-state index in [-0.39, 0.29) is 18.1 Å². The molecule has 0 atom stereocenters. The normalized spacial score (nSPS) is 11.2. The maximum absolute atomic E-state index is 11.0. The number of amides is 1. The van der Waals surface area contributed by atoms with Gasteiger partial charge in [-0.1, -0.05) is 56.3 Å². The van der Waals surface area contributed by atoms with Gasteiger partial charge in [0, 0.05) is 26.1 Å². The molecule has 0 fully saturated rings. The zero-order chi connectivity index (χ0) is 19.0. The van der Waals surface area contributed by atoms with Gasteiger partial charge in [0.15, 0.2) is 6.79 Å². The van der Waals surface area contributed by atoms with Crippen LogP contribution in [-0.4, -0.2) is 26.4 Å². The monoisotopic (exact) mass is 355 g/mol. The second kappa shape index (κ2) is 9.39. The van der Waals surface area contributed by atoms with Crippen LogP contribution in [0, 0.1) is 0 Å². The first-order valence-corrected chi connectivity index (χ1v) is 9.00. The van der Waals surface area contributed by atoms with Crippen LogP contribution >= 0.6 is 0 Å². The molecule has 1 amide bonds. The highest BCUT2D eigenvalue weighted by molar-refractivity contribution is 5.72. The Bertz CT molecular complexity index is 711. The molecule has 0 aliphatic rings. The second-order valence-corrected chi connectivity index (χ2v) is 7.10. The zero-order valence-electron chi connectivity index (χ0n) is 16.2. The quantitative estimate of drug-likeness (QED) is 0.531. The van der Waals surface area contributed by atoms with Gasteiger partial charge >= 0.3 is 0 Å². The SMILES string of the molecule is COCOc1cc(C(C)(C)CCCNC(C)=O)ccc1-c1ccccc1. The van der Waals surface area contributed by atoms with Crippen molar-refractivity contribution >= 4 is 5.91 Å². The number of ether oxygens (including phenoxy) is 2. The van der Waals surface area contributed by atoms with Crippen molar-refractivity contribution in [3.63, 3.8) is 0 Å². The summed E-state index contributed by atoms with van der Waals surface area (Å²) in [5, 5.41) is 2.86. The Balaban J connectivity index is 2.22. The summed E-state index contributed by atoms with van der Waals surface area (Å²) in [6.07, 6.45) is 1.91. The van der Waals surface area contributed by atoms with Gasteiger partial charge in [0.25, 0.3) is 0 Å². The number of methoxy groups -OCH3 is 1. The molecular weight excluding hydrogens is 326 g/mol. The molecule has 2 rings (SSSR count). The molecule has 0 radical (unpaired) electrons. The molecule has 1 N–H and O–H groups in total. The first-order chi connectivity index (χ1) is 12.4. The molecule has 0 heterocycles. The minimum absolute atomic E-state index is 0.0150.